The zero-order valence-electron chi connectivity index (χ0n) is 10.6. The monoisotopic (exact) mass is 252 g/mol. The van der Waals surface area contributed by atoms with Crippen LogP contribution < -0.4 is 11.1 Å². The number of hydrogen-bond donors (Lipinski definition) is 2. The second-order valence-corrected chi connectivity index (χ2v) is 5.80. The topological polar surface area (TPSA) is 55.1 Å². The van der Waals surface area contributed by atoms with Gasteiger partial charge in [-0.2, -0.15) is 0 Å². The minimum Gasteiger partial charge on any atom is -0.399 e. The van der Waals surface area contributed by atoms with Crippen molar-refractivity contribution in [3.05, 3.63) is 24.3 Å². The number of nitrogens with one attached hydrogen (secondary N) is 1. The molecule has 94 valence electrons. The molecule has 0 saturated heterocycles. The molecular formula is C13H20N2OS. The summed E-state index contributed by atoms with van der Waals surface area (Å²) in [6, 6.07) is 7.22. The molecule has 4 heteroatoms. The summed E-state index contributed by atoms with van der Waals surface area (Å²) in [7, 11) is 0. The van der Waals surface area contributed by atoms with E-state index >= 15 is 0 Å². The van der Waals surface area contributed by atoms with Crippen molar-refractivity contribution in [2.24, 2.45) is 5.92 Å². The molecule has 1 unspecified atom stereocenters. The number of benzene rings is 1. The third-order valence-corrected chi connectivity index (χ3v) is 4.09. The van der Waals surface area contributed by atoms with Crippen molar-refractivity contribution in [1.82, 2.24) is 0 Å². The van der Waals surface area contributed by atoms with E-state index in [4.69, 9.17) is 5.73 Å². The molecule has 1 amide bonds. The Balaban J connectivity index is 2.40. The molecule has 0 aliphatic heterocycles. The molecule has 0 aliphatic rings. The van der Waals surface area contributed by atoms with Crippen molar-refractivity contribution in [1.29, 1.82) is 0 Å². The lowest BCUT2D eigenvalue weighted by Gasteiger charge is -2.14. The number of hydrogen-bond acceptors (Lipinski definition) is 3. The third-order valence-electron chi connectivity index (χ3n) is 2.59. The molecule has 3 N–H and O–H groups in total. The van der Waals surface area contributed by atoms with E-state index in [0.717, 1.165) is 5.69 Å². The quantitative estimate of drug-likeness (QED) is 0.792. The predicted octanol–water partition coefficient (Wildman–Crippen LogP) is 2.99. The second-order valence-electron chi connectivity index (χ2n) is 4.43. The number of anilines is 2. The number of nitrogens with two attached hydrogens (primary N) is 1. The lowest BCUT2D eigenvalue weighted by Crippen LogP contribution is -2.17. The van der Waals surface area contributed by atoms with Gasteiger partial charge in [0, 0.05) is 16.6 Å². The Labute approximate surface area is 107 Å². The van der Waals surface area contributed by atoms with Crippen LogP contribution in [-0.2, 0) is 4.79 Å². The molecule has 0 radical (unpaired) electrons. The molecule has 1 aromatic rings. The fraction of sp³-hybridized carbons (Fsp3) is 0.462. The van der Waals surface area contributed by atoms with Gasteiger partial charge in [-0.25, -0.2) is 0 Å². The summed E-state index contributed by atoms with van der Waals surface area (Å²) in [5.41, 5.74) is 7.06. The van der Waals surface area contributed by atoms with E-state index < -0.39 is 0 Å². The Morgan fingerprint density at radius 3 is 2.71 bits per heavy atom. The Kier molecular flexibility index (Phi) is 5.35. The molecule has 0 heterocycles. The first-order chi connectivity index (χ1) is 7.99. The first-order valence-electron chi connectivity index (χ1n) is 5.76. The Morgan fingerprint density at radius 2 is 2.12 bits per heavy atom. The molecule has 0 aliphatic carbocycles. The van der Waals surface area contributed by atoms with E-state index in [2.05, 4.69) is 26.1 Å². The number of nitrogen functional groups attached to an aromatic ring is 1. The summed E-state index contributed by atoms with van der Waals surface area (Å²) in [5.74, 6) is 1.09. The van der Waals surface area contributed by atoms with Crippen molar-refractivity contribution in [2.45, 2.75) is 26.0 Å². The van der Waals surface area contributed by atoms with Gasteiger partial charge in [0.15, 0.2) is 0 Å². The minimum absolute atomic E-state index is 0.0214. The molecule has 0 spiro atoms. The number of carbonyl (C=O) groups is 1. The van der Waals surface area contributed by atoms with Crippen molar-refractivity contribution >= 4 is 29.0 Å². The van der Waals surface area contributed by atoms with Gasteiger partial charge in [-0.05, 0) is 24.1 Å². The van der Waals surface area contributed by atoms with Crippen LogP contribution in [0, 0.1) is 5.92 Å². The van der Waals surface area contributed by atoms with Crippen LogP contribution in [0.1, 0.15) is 20.8 Å². The lowest BCUT2D eigenvalue weighted by molar-refractivity contribution is -0.113. The van der Waals surface area contributed by atoms with Crippen LogP contribution >= 0.6 is 11.8 Å². The molecule has 0 aromatic heterocycles. The van der Waals surface area contributed by atoms with Gasteiger partial charge in [-0.1, -0.05) is 26.8 Å². The number of thioether (sulfide) groups is 1. The summed E-state index contributed by atoms with van der Waals surface area (Å²) >= 11 is 1.67. The van der Waals surface area contributed by atoms with Crippen LogP contribution in [0.25, 0.3) is 0 Å². The molecule has 1 rings (SSSR count). The molecule has 0 fully saturated rings. The van der Waals surface area contributed by atoms with Gasteiger partial charge in [0.25, 0.3) is 0 Å². The van der Waals surface area contributed by atoms with Gasteiger partial charge < -0.3 is 11.1 Å². The van der Waals surface area contributed by atoms with Crippen LogP contribution in [0.15, 0.2) is 24.3 Å². The van der Waals surface area contributed by atoms with Crippen LogP contribution in [0.4, 0.5) is 11.4 Å². The second kappa shape index (κ2) is 6.55. The summed E-state index contributed by atoms with van der Waals surface area (Å²) < 4.78 is 0. The van der Waals surface area contributed by atoms with E-state index in [9.17, 15) is 4.79 Å². The Hall–Kier alpha value is -1.16. The van der Waals surface area contributed by atoms with Crippen LogP contribution in [0.3, 0.4) is 0 Å². The van der Waals surface area contributed by atoms with Gasteiger partial charge in [0.05, 0.1) is 5.75 Å². The predicted molar refractivity (Wildman–Crippen MR) is 76.2 cm³/mol. The lowest BCUT2D eigenvalue weighted by atomic mass is 10.2. The first-order valence-corrected chi connectivity index (χ1v) is 6.81. The average Bonchev–Trinajstić information content (AvgIpc) is 2.25. The van der Waals surface area contributed by atoms with Gasteiger partial charge in [0.2, 0.25) is 5.91 Å². The Bertz CT molecular complexity index is 379. The van der Waals surface area contributed by atoms with Gasteiger partial charge in [0.1, 0.15) is 0 Å². The smallest absolute Gasteiger partial charge is 0.234 e. The summed E-state index contributed by atoms with van der Waals surface area (Å²) in [6.07, 6.45) is 0. The summed E-state index contributed by atoms with van der Waals surface area (Å²) in [6.45, 7) is 6.46. The molecule has 17 heavy (non-hydrogen) atoms. The normalized spacial score (nSPS) is 12.5. The standard InChI is InChI=1S/C13H20N2OS/c1-9(2)10(3)17-8-13(16)15-12-6-4-5-11(14)7-12/h4-7,9-10H,8,14H2,1-3H3,(H,15,16). The van der Waals surface area contributed by atoms with E-state index in [1.54, 1.807) is 23.9 Å². The largest absolute Gasteiger partial charge is 0.399 e. The highest BCUT2D eigenvalue weighted by Crippen LogP contribution is 2.19. The van der Waals surface area contributed by atoms with Crippen LogP contribution in [0.5, 0.6) is 0 Å². The molecule has 1 atom stereocenters. The van der Waals surface area contributed by atoms with Gasteiger partial charge >= 0.3 is 0 Å². The van der Waals surface area contributed by atoms with Crippen molar-refractivity contribution in [2.75, 3.05) is 16.8 Å². The molecule has 3 nitrogen and oxygen atoms in total. The van der Waals surface area contributed by atoms with Crippen LogP contribution in [-0.4, -0.2) is 16.9 Å². The maximum atomic E-state index is 11.7. The van der Waals surface area contributed by atoms with Crippen LogP contribution in [0.2, 0.25) is 0 Å². The fourth-order valence-corrected chi connectivity index (χ4v) is 2.08. The zero-order chi connectivity index (χ0) is 12.8. The summed E-state index contributed by atoms with van der Waals surface area (Å²) in [4.78, 5) is 11.7. The minimum atomic E-state index is 0.0214. The van der Waals surface area contributed by atoms with Crippen molar-refractivity contribution < 1.29 is 4.79 Å². The van der Waals surface area contributed by atoms with E-state index in [0.29, 0.717) is 22.6 Å². The van der Waals surface area contributed by atoms with E-state index in [1.807, 2.05) is 12.1 Å². The van der Waals surface area contributed by atoms with Crippen molar-refractivity contribution in [3.63, 3.8) is 0 Å². The Morgan fingerprint density at radius 1 is 1.41 bits per heavy atom. The molecule has 1 aromatic carbocycles. The average molecular weight is 252 g/mol. The highest BCUT2D eigenvalue weighted by atomic mass is 32.2. The molecular weight excluding hydrogens is 232 g/mol. The maximum absolute atomic E-state index is 11.7. The highest BCUT2D eigenvalue weighted by Gasteiger charge is 2.10. The summed E-state index contributed by atoms with van der Waals surface area (Å²) in [5, 5.41) is 3.32. The molecule has 0 saturated carbocycles. The van der Waals surface area contributed by atoms with Gasteiger partial charge in [-0.15, -0.1) is 11.8 Å². The highest BCUT2D eigenvalue weighted by molar-refractivity contribution is 8.00. The SMILES string of the molecule is CC(C)C(C)SCC(=O)Nc1cccc(N)c1. The van der Waals surface area contributed by atoms with Gasteiger partial charge in [-0.3, -0.25) is 4.79 Å². The number of rotatable bonds is 5. The van der Waals surface area contributed by atoms with E-state index in [1.165, 1.54) is 0 Å². The fourth-order valence-electron chi connectivity index (χ4n) is 1.21. The molecule has 0 bridgehead atoms. The number of amides is 1. The third kappa shape index (κ3) is 5.13. The number of carbonyl (C=O) groups excluding carboxylic acids is 1. The first kappa shape index (κ1) is 13.9. The van der Waals surface area contributed by atoms with E-state index in [-0.39, 0.29) is 5.91 Å². The maximum Gasteiger partial charge on any atom is 0.234 e. The van der Waals surface area contributed by atoms with Crippen molar-refractivity contribution in [3.8, 4) is 0 Å². The zero-order valence-corrected chi connectivity index (χ0v) is 11.4.